The highest BCUT2D eigenvalue weighted by Crippen LogP contribution is 2.22. The molecule has 0 saturated carbocycles. The summed E-state index contributed by atoms with van der Waals surface area (Å²) in [6.45, 7) is 0. The van der Waals surface area contributed by atoms with E-state index >= 15 is 0 Å². The number of amides is 1. The van der Waals surface area contributed by atoms with Crippen LogP contribution < -0.4 is 5.32 Å². The van der Waals surface area contributed by atoms with Crippen LogP contribution >= 0.6 is 0 Å². The van der Waals surface area contributed by atoms with Crippen molar-refractivity contribution in [1.82, 2.24) is 9.97 Å². The molecule has 0 unspecified atom stereocenters. The lowest BCUT2D eigenvalue weighted by molar-refractivity contribution is 0.102. The number of aromatic amines is 1. The summed E-state index contributed by atoms with van der Waals surface area (Å²) in [5.41, 5.74) is 2.21. The second-order valence-corrected chi connectivity index (χ2v) is 3.87. The van der Waals surface area contributed by atoms with Gasteiger partial charge in [-0.15, -0.1) is 0 Å². The number of carbonyl (C=O) groups is 1. The van der Waals surface area contributed by atoms with Gasteiger partial charge in [0.2, 0.25) is 0 Å². The first kappa shape index (κ1) is 10.5. The minimum absolute atomic E-state index is 0.176. The van der Waals surface area contributed by atoms with Gasteiger partial charge < -0.3 is 10.3 Å². The van der Waals surface area contributed by atoms with Crippen LogP contribution in [0.3, 0.4) is 0 Å². The van der Waals surface area contributed by atoms with Crippen molar-refractivity contribution in [3.63, 3.8) is 0 Å². The average Bonchev–Trinajstić information content (AvgIpc) is 2.89. The molecule has 18 heavy (non-hydrogen) atoms. The highest BCUT2D eigenvalue weighted by Gasteiger charge is 2.08. The quantitative estimate of drug-likeness (QED) is 0.718. The monoisotopic (exact) mass is 236 g/mol. The molecule has 2 aromatic heterocycles. The number of aromatic nitrogens is 2. The van der Waals surface area contributed by atoms with Crippen molar-refractivity contribution in [2.45, 2.75) is 0 Å². The number of nitrogens with zero attached hydrogens (tertiary/aromatic N) is 1. The van der Waals surface area contributed by atoms with Crippen LogP contribution in [0.2, 0.25) is 0 Å². The first-order valence-corrected chi connectivity index (χ1v) is 5.53. The lowest BCUT2D eigenvalue weighted by Crippen LogP contribution is -2.12. The standard InChI is InChI=1S/C14H10N3O/c18-14(10-3-2-7-15-9-10)17-13-5-1-4-12-11(13)6-8-16-12/h2-9,16H,(H,17,18). The maximum Gasteiger partial charge on any atom is 0.257 e. The molecule has 2 N–H and O–H groups in total. The Morgan fingerprint density at radius 2 is 2.28 bits per heavy atom. The van der Waals surface area contributed by atoms with Crippen molar-refractivity contribution < 1.29 is 4.79 Å². The lowest BCUT2D eigenvalue weighted by Gasteiger charge is -2.05. The number of benzene rings is 1. The molecular weight excluding hydrogens is 226 g/mol. The number of nitrogens with one attached hydrogen (secondary N) is 2. The summed E-state index contributed by atoms with van der Waals surface area (Å²) in [6, 6.07) is 12.0. The summed E-state index contributed by atoms with van der Waals surface area (Å²) >= 11 is 0. The molecule has 0 spiro atoms. The largest absolute Gasteiger partial charge is 0.361 e. The van der Waals surface area contributed by atoms with Crippen molar-refractivity contribution in [2.24, 2.45) is 0 Å². The topological polar surface area (TPSA) is 57.8 Å². The molecule has 0 aliphatic heterocycles. The van der Waals surface area contributed by atoms with E-state index in [0.717, 1.165) is 16.6 Å². The molecule has 0 fully saturated rings. The fourth-order valence-corrected chi connectivity index (χ4v) is 1.82. The fourth-order valence-electron chi connectivity index (χ4n) is 1.82. The van der Waals surface area contributed by atoms with Crippen LogP contribution in [0.25, 0.3) is 10.9 Å². The third-order valence-corrected chi connectivity index (χ3v) is 2.70. The number of fused-ring (bicyclic) bond motifs is 1. The van der Waals surface area contributed by atoms with E-state index in [4.69, 9.17) is 0 Å². The predicted molar refractivity (Wildman–Crippen MR) is 69.3 cm³/mol. The molecule has 0 bridgehead atoms. The molecule has 87 valence electrons. The Morgan fingerprint density at radius 1 is 1.33 bits per heavy atom. The Morgan fingerprint density at radius 3 is 3.11 bits per heavy atom. The summed E-state index contributed by atoms with van der Waals surface area (Å²) < 4.78 is 0. The summed E-state index contributed by atoms with van der Waals surface area (Å²) in [5.74, 6) is -0.176. The van der Waals surface area contributed by atoms with Crippen molar-refractivity contribution in [3.8, 4) is 0 Å². The molecule has 4 heteroatoms. The Hall–Kier alpha value is -2.62. The van der Waals surface area contributed by atoms with Crippen LogP contribution in [0.5, 0.6) is 0 Å². The van der Waals surface area contributed by atoms with Gasteiger partial charge in [0.25, 0.3) is 5.91 Å². The highest BCUT2D eigenvalue weighted by molar-refractivity contribution is 6.08. The zero-order valence-electron chi connectivity index (χ0n) is 9.47. The van der Waals surface area contributed by atoms with Crippen LogP contribution in [0.1, 0.15) is 10.4 Å². The van der Waals surface area contributed by atoms with E-state index in [0.29, 0.717) is 5.56 Å². The van der Waals surface area contributed by atoms with Gasteiger partial charge in [-0.1, -0.05) is 0 Å². The van der Waals surface area contributed by atoms with Gasteiger partial charge >= 0.3 is 0 Å². The second kappa shape index (κ2) is 4.33. The van der Waals surface area contributed by atoms with Gasteiger partial charge in [-0.2, -0.15) is 0 Å². The molecule has 0 aliphatic carbocycles. The summed E-state index contributed by atoms with van der Waals surface area (Å²) in [6.07, 6.45) is 5.01. The van der Waals surface area contributed by atoms with Crippen molar-refractivity contribution >= 4 is 22.5 Å². The van der Waals surface area contributed by atoms with Gasteiger partial charge in [0, 0.05) is 29.5 Å². The molecule has 4 nitrogen and oxygen atoms in total. The van der Waals surface area contributed by atoms with E-state index in [9.17, 15) is 4.79 Å². The molecule has 3 aromatic rings. The normalized spacial score (nSPS) is 10.4. The Labute approximate surface area is 104 Å². The van der Waals surface area contributed by atoms with Crippen LogP contribution in [-0.2, 0) is 0 Å². The van der Waals surface area contributed by atoms with Gasteiger partial charge in [-0.3, -0.25) is 9.78 Å². The van der Waals surface area contributed by atoms with Gasteiger partial charge in [0.1, 0.15) is 0 Å². The number of rotatable bonds is 2. The molecule has 1 aromatic carbocycles. The van der Waals surface area contributed by atoms with E-state index in [1.54, 1.807) is 24.4 Å². The number of pyridine rings is 1. The molecule has 1 radical (unpaired) electrons. The number of hydrogen-bond acceptors (Lipinski definition) is 2. The number of anilines is 1. The van der Waals surface area contributed by atoms with Gasteiger partial charge in [-0.05, 0) is 36.4 Å². The molecule has 0 atom stereocenters. The summed E-state index contributed by atoms with van der Waals surface area (Å²) in [7, 11) is 0. The first-order valence-electron chi connectivity index (χ1n) is 5.53. The Kier molecular flexibility index (Phi) is 2.53. The van der Waals surface area contributed by atoms with Crippen LogP contribution in [0, 0.1) is 6.07 Å². The van der Waals surface area contributed by atoms with Crippen LogP contribution in [0.4, 0.5) is 5.69 Å². The van der Waals surface area contributed by atoms with Gasteiger partial charge in [0.05, 0.1) is 11.3 Å². The summed E-state index contributed by atoms with van der Waals surface area (Å²) in [5, 5.41) is 3.82. The lowest BCUT2D eigenvalue weighted by atomic mass is 10.2. The number of carbonyl (C=O) groups excluding carboxylic acids is 1. The minimum Gasteiger partial charge on any atom is -0.361 e. The van der Waals surface area contributed by atoms with Crippen molar-refractivity contribution in [1.29, 1.82) is 0 Å². The van der Waals surface area contributed by atoms with Crippen molar-refractivity contribution in [3.05, 3.63) is 60.6 Å². The maximum absolute atomic E-state index is 12.0. The molecule has 1 amide bonds. The molecule has 3 rings (SSSR count). The number of hydrogen-bond donors (Lipinski definition) is 2. The summed E-state index contributed by atoms with van der Waals surface area (Å²) in [4.78, 5) is 19.0. The van der Waals surface area contributed by atoms with E-state index in [-0.39, 0.29) is 5.91 Å². The fraction of sp³-hybridized carbons (Fsp3) is 0. The van der Waals surface area contributed by atoms with E-state index in [1.807, 2.05) is 18.3 Å². The van der Waals surface area contributed by atoms with Gasteiger partial charge in [-0.25, -0.2) is 0 Å². The molecule has 0 aliphatic rings. The third-order valence-electron chi connectivity index (χ3n) is 2.70. The Bertz CT molecular complexity index is 688. The highest BCUT2D eigenvalue weighted by atomic mass is 16.1. The zero-order valence-corrected chi connectivity index (χ0v) is 9.47. The Balaban J connectivity index is 1.93. The van der Waals surface area contributed by atoms with Crippen LogP contribution in [-0.4, -0.2) is 15.9 Å². The van der Waals surface area contributed by atoms with E-state index in [1.165, 1.54) is 6.20 Å². The average molecular weight is 236 g/mol. The van der Waals surface area contributed by atoms with Gasteiger partial charge in [0.15, 0.2) is 0 Å². The maximum atomic E-state index is 12.0. The molecule has 2 heterocycles. The SMILES string of the molecule is O=C(Nc1c[c]cc2[nH]ccc12)c1cccnc1. The van der Waals surface area contributed by atoms with Crippen LogP contribution in [0.15, 0.2) is 48.9 Å². The van der Waals surface area contributed by atoms with E-state index < -0.39 is 0 Å². The number of H-pyrrole nitrogens is 1. The smallest absolute Gasteiger partial charge is 0.257 e. The molecule has 0 saturated heterocycles. The van der Waals surface area contributed by atoms with Crippen molar-refractivity contribution in [2.75, 3.05) is 5.32 Å². The first-order chi connectivity index (χ1) is 8.84. The predicted octanol–water partition coefficient (Wildman–Crippen LogP) is 2.62. The van der Waals surface area contributed by atoms with E-state index in [2.05, 4.69) is 21.4 Å². The second-order valence-electron chi connectivity index (χ2n) is 3.87. The molecular formula is C14H10N3O. The third kappa shape index (κ3) is 1.84. The minimum atomic E-state index is -0.176. The zero-order chi connectivity index (χ0) is 12.4.